The van der Waals surface area contributed by atoms with Crippen LogP contribution in [0.25, 0.3) is 0 Å². The molecule has 1 aromatic carbocycles. The molecule has 0 saturated carbocycles. The predicted octanol–water partition coefficient (Wildman–Crippen LogP) is 0.896. The van der Waals surface area contributed by atoms with Gasteiger partial charge in [-0.1, -0.05) is 24.3 Å². The molecule has 0 radical (unpaired) electrons. The van der Waals surface area contributed by atoms with Crippen LogP contribution in [0.3, 0.4) is 0 Å². The zero-order valence-corrected chi connectivity index (χ0v) is 11.1. The first kappa shape index (κ1) is 12.2. The smallest absolute Gasteiger partial charge is 0.259 e. The fourth-order valence-corrected chi connectivity index (χ4v) is 2.57. The van der Waals surface area contributed by atoms with E-state index >= 15 is 0 Å². The van der Waals surface area contributed by atoms with E-state index in [1.807, 2.05) is 38.1 Å². The van der Waals surface area contributed by atoms with Crippen LogP contribution in [0, 0.1) is 0 Å². The first-order chi connectivity index (χ1) is 9.12. The first-order valence-corrected chi connectivity index (χ1v) is 6.45. The SMILES string of the molecule is CC(C)N=C1NC(=O)C2(COCc3ccccc32)N1. The molecule has 1 aromatic rings. The Morgan fingerprint density at radius 2 is 2.16 bits per heavy atom. The average molecular weight is 259 g/mol. The van der Waals surface area contributed by atoms with Gasteiger partial charge in [0.1, 0.15) is 0 Å². The van der Waals surface area contributed by atoms with Crippen LogP contribution >= 0.6 is 0 Å². The van der Waals surface area contributed by atoms with Crippen LogP contribution in [-0.2, 0) is 21.7 Å². The molecule has 0 bridgehead atoms. The summed E-state index contributed by atoms with van der Waals surface area (Å²) in [7, 11) is 0. The van der Waals surface area contributed by atoms with Crippen molar-refractivity contribution in [3.8, 4) is 0 Å². The van der Waals surface area contributed by atoms with Crippen molar-refractivity contribution >= 4 is 11.9 Å². The summed E-state index contributed by atoms with van der Waals surface area (Å²) in [6.45, 7) is 4.81. The molecule has 1 atom stereocenters. The molecule has 5 heteroatoms. The van der Waals surface area contributed by atoms with Gasteiger partial charge in [-0.2, -0.15) is 0 Å². The lowest BCUT2D eigenvalue weighted by atomic mass is 9.85. The second-order valence-electron chi connectivity index (χ2n) is 5.21. The van der Waals surface area contributed by atoms with Crippen molar-refractivity contribution in [2.75, 3.05) is 6.61 Å². The molecule has 0 aliphatic carbocycles. The highest BCUT2D eigenvalue weighted by Crippen LogP contribution is 2.32. The Kier molecular flexibility index (Phi) is 2.78. The van der Waals surface area contributed by atoms with Crippen LogP contribution in [0.1, 0.15) is 25.0 Å². The van der Waals surface area contributed by atoms with Crippen LogP contribution in [0.15, 0.2) is 29.3 Å². The molecule has 1 spiro atoms. The summed E-state index contributed by atoms with van der Waals surface area (Å²) in [5.74, 6) is 0.430. The number of benzene rings is 1. The van der Waals surface area contributed by atoms with E-state index in [1.54, 1.807) is 0 Å². The van der Waals surface area contributed by atoms with Gasteiger partial charge in [0, 0.05) is 6.04 Å². The minimum absolute atomic E-state index is 0.0981. The van der Waals surface area contributed by atoms with Gasteiger partial charge in [-0.15, -0.1) is 0 Å². The maximum atomic E-state index is 12.4. The van der Waals surface area contributed by atoms with E-state index in [1.165, 1.54) is 0 Å². The van der Waals surface area contributed by atoms with Gasteiger partial charge in [0.2, 0.25) is 0 Å². The monoisotopic (exact) mass is 259 g/mol. The van der Waals surface area contributed by atoms with Crippen molar-refractivity contribution in [1.29, 1.82) is 0 Å². The fraction of sp³-hybridized carbons (Fsp3) is 0.429. The summed E-state index contributed by atoms with van der Waals surface area (Å²) in [4.78, 5) is 16.7. The molecular weight excluding hydrogens is 242 g/mol. The number of hydrogen-bond donors (Lipinski definition) is 2. The Morgan fingerprint density at radius 3 is 2.95 bits per heavy atom. The molecule has 1 fully saturated rings. The molecule has 100 valence electrons. The highest BCUT2D eigenvalue weighted by atomic mass is 16.5. The molecule has 2 heterocycles. The number of nitrogens with zero attached hydrogens (tertiary/aromatic N) is 1. The molecule has 1 unspecified atom stereocenters. The van der Waals surface area contributed by atoms with Crippen LogP contribution in [0.5, 0.6) is 0 Å². The summed E-state index contributed by atoms with van der Waals surface area (Å²) in [6, 6.07) is 7.99. The summed E-state index contributed by atoms with van der Waals surface area (Å²) in [5, 5.41) is 6.01. The highest BCUT2D eigenvalue weighted by Gasteiger charge is 2.49. The van der Waals surface area contributed by atoms with Crippen molar-refractivity contribution in [1.82, 2.24) is 10.6 Å². The van der Waals surface area contributed by atoms with E-state index in [0.29, 0.717) is 19.2 Å². The van der Waals surface area contributed by atoms with E-state index in [4.69, 9.17) is 4.74 Å². The number of ether oxygens (including phenoxy) is 1. The maximum absolute atomic E-state index is 12.4. The third kappa shape index (κ3) is 1.90. The van der Waals surface area contributed by atoms with Crippen molar-refractivity contribution in [2.24, 2.45) is 4.99 Å². The zero-order chi connectivity index (χ0) is 13.5. The van der Waals surface area contributed by atoms with E-state index in [0.717, 1.165) is 11.1 Å². The van der Waals surface area contributed by atoms with Gasteiger partial charge >= 0.3 is 0 Å². The van der Waals surface area contributed by atoms with Crippen molar-refractivity contribution in [2.45, 2.75) is 32.0 Å². The number of carbonyl (C=O) groups excluding carboxylic acids is 1. The van der Waals surface area contributed by atoms with Crippen molar-refractivity contribution < 1.29 is 9.53 Å². The Labute approximate surface area is 112 Å². The van der Waals surface area contributed by atoms with Gasteiger partial charge in [0.15, 0.2) is 11.5 Å². The molecule has 19 heavy (non-hydrogen) atoms. The number of hydrogen-bond acceptors (Lipinski definition) is 3. The minimum atomic E-state index is -0.831. The zero-order valence-electron chi connectivity index (χ0n) is 11.1. The number of guanidine groups is 1. The van der Waals surface area contributed by atoms with E-state index in [9.17, 15) is 4.79 Å². The summed E-state index contributed by atoms with van der Waals surface area (Å²) in [5.41, 5.74) is 1.19. The molecule has 1 amide bonds. The van der Waals surface area contributed by atoms with Gasteiger partial charge in [-0.3, -0.25) is 15.1 Å². The van der Waals surface area contributed by atoms with E-state index in [-0.39, 0.29) is 11.9 Å². The molecule has 3 rings (SSSR count). The number of nitrogens with one attached hydrogen (secondary N) is 2. The molecule has 1 saturated heterocycles. The molecule has 0 aromatic heterocycles. The van der Waals surface area contributed by atoms with Gasteiger partial charge in [0.25, 0.3) is 5.91 Å². The topological polar surface area (TPSA) is 62.7 Å². The maximum Gasteiger partial charge on any atom is 0.259 e. The third-order valence-electron chi connectivity index (χ3n) is 3.39. The van der Waals surface area contributed by atoms with Crippen LogP contribution in [-0.4, -0.2) is 24.5 Å². The summed E-state index contributed by atoms with van der Waals surface area (Å²) >= 11 is 0. The standard InChI is InChI=1S/C14H17N3O2/c1-9(2)15-13-16-12(18)14(17-13)8-19-7-10-5-3-4-6-11(10)14/h3-6,9H,7-8H2,1-2H3,(H2,15,16,17,18). The fourth-order valence-electron chi connectivity index (χ4n) is 2.57. The number of carbonyl (C=O) groups is 1. The third-order valence-corrected chi connectivity index (χ3v) is 3.39. The van der Waals surface area contributed by atoms with E-state index < -0.39 is 5.54 Å². The minimum Gasteiger partial charge on any atom is -0.373 e. The van der Waals surface area contributed by atoms with Gasteiger partial charge in [0.05, 0.1) is 13.2 Å². The second-order valence-corrected chi connectivity index (χ2v) is 5.21. The molecule has 2 N–H and O–H groups in total. The number of aliphatic imine (C=N–C) groups is 1. The number of rotatable bonds is 1. The Bertz CT molecular complexity index is 553. The second kappa shape index (κ2) is 4.35. The summed E-state index contributed by atoms with van der Waals surface area (Å²) < 4.78 is 5.58. The van der Waals surface area contributed by atoms with Crippen LogP contribution in [0.2, 0.25) is 0 Å². The van der Waals surface area contributed by atoms with Crippen LogP contribution < -0.4 is 10.6 Å². The van der Waals surface area contributed by atoms with Crippen molar-refractivity contribution in [3.63, 3.8) is 0 Å². The molecule has 2 aliphatic rings. The van der Waals surface area contributed by atoms with Gasteiger partial charge in [-0.05, 0) is 25.0 Å². The Balaban J connectivity index is 2.04. The Morgan fingerprint density at radius 1 is 1.37 bits per heavy atom. The van der Waals surface area contributed by atoms with Crippen molar-refractivity contribution in [3.05, 3.63) is 35.4 Å². The number of amides is 1. The molecular formula is C14H17N3O2. The highest BCUT2D eigenvalue weighted by molar-refractivity contribution is 6.09. The lowest BCUT2D eigenvalue weighted by Gasteiger charge is -2.32. The first-order valence-electron chi connectivity index (χ1n) is 6.45. The lowest BCUT2D eigenvalue weighted by Crippen LogP contribution is -2.50. The van der Waals surface area contributed by atoms with E-state index in [2.05, 4.69) is 15.6 Å². The largest absolute Gasteiger partial charge is 0.373 e. The molecule has 5 nitrogen and oxygen atoms in total. The predicted molar refractivity (Wildman–Crippen MR) is 71.6 cm³/mol. The lowest BCUT2D eigenvalue weighted by molar-refractivity contribution is -0.127. The van der Waals surface area contributed by atoms with Gasteiger partial charge in [-0.25, -0.2) is 0 Å². The van der Waals surface area contributed by atoms with Crippen LogP contribution in [0.4, 0.5) is 0 Å². The Hall–Kier alpha value is -1.88. The average Bonchev–Trinajstić information content (AvgIpc) is 2.66. The normalized spacial score (nSPS) is 27.5. The quantitative estimate of drug-likeness (QED) is 0.787. The van der Waals surface area contributed by atoms with Gasteiger partial charge < -0.3 is 10.1 Å². The summed E-state index contributed by atoms with van der Waals surface area (Å²) in [6.07, 6.45) is 0. The molecule has 2 aliphatic heterocycles. The number of fused-ring (bicyclic) bond motifs is 2.